The number of hydrogen-bond donors (Lipinski definition) is 1. The van der Waals surface area contributed by atoms with Crippen LogP contribution in [0.15, 0.2) is 60.8 Å². The summed E-state index contributed by atoms with van der Waals surface area (Å²) in [5.41, 5.74) is 3.47. The summed E-state index contributed by atoms with van der Waals surface area (Å²) in [7, 11) is 1.52. The smallest absolute Gasteiger partial charge is 0.257 e. The summed E-state index contributed by atoms with van der Waals surface area (Å²) in [5.74, 6) is -0.0993. The van der Waals surface area contributed by atoms with E-state index < -0.39 is 0 Å². The number of amides is 1. The summed E-state index contributed by atoms with van der Waals surface area (Å²) in [5, 5.41) is 2.85. The minimum Gasteiger partial charge on any atom is -0.496 e. The molecule has 0 spiro atoms. The molecule has 0 bridgehead atoms. The maximum absolute atomic E-state index is 13.5. The van der Waals surface area contributed by atoms with E-state index in [1.165, 1.54) is 31.0 Å². The van der Waals surface area contributed by atoms with Crippen LogP contribution in [0, 0.1) is 5.82 Å². The van der Waals surface area contributed by atoms with Crippen LogP contribution in [0.1, 0.15) is 29.3 Å². The lowest BCUT2D eigenvalue weighted by atomic mass is 10.1. The molecule has 27 heavy (non-hydrogen) atoms. The first-order chi connectivity index (χ1) is 13.1. The molecule has 1 aromatic heterocycles. The molecule has 0 aliphatic rings. The monoisotopic (exact) mass is 364 g/mol. The van der Waals surface area contributed by atoms with Crippen LogP contribution in [0.25, 0.3) is 11.3 Å². The Morgan fingerprint density at radius 1 is 1.11 bits per heavy atom. The van der Waals surface area contributed by atoms with E-state index in [2.05, 4.69) is 17.2 Å². The molecular formula is C22H21FN2O2. The van der Waals surface area contributed by atoms with Crippen molar-refractivity contribution < 1.29 is 13.9 Å². The Kier molecular flexibility index (Phi) is 5.81. The van der Waals surface area contributed by atoms with Crippen LogP contribution in [0.4, 0.5) is 10.1 Å². The van der Waals surface area contributed by atoms with Crippen LogP contribution in [0.2, 0.25) is 0 Å². The maximum atomic E-state index is 13.5. The first kappa shape index (κ1) is 18.6. The molecule has 0 atom stereocenters. The highest BCUT2D eigenvalue weighted by molar-refractivity contribution is 6.04. The van der Waals surface area contributed by atoms with E-state index in [-0.39, 0.29) is 11.7 Å². The molecule has 0 radical (unpaired) electrons. The third kappa shape index (κ3) is 4.50. The van der Waals surface area contributed by atoms with E-state index in [1.807, 2.05) is 24.3 Å². The average molecular weight is 364 g/mol. The number of rotatable bonds is 6. The van der Waals surface area contributed by atoms with Crippen LogP contribution in [0.3, 0.4) is 0 Å². The van der Waals surface area contributed by atoms with Crippen molar-refractivity contribution in [3.8, 4) is 17.0 Å². The number of pyridine rings is 1. The van der Waals surface area contributed by atoms with Crippen molar-refractivity contribution in [3.05, 3.63) is 77.7 Å². The Morgan fingerprint density at radius 2 is 1.89 bits per heavy atom. The SMILES string of the molecule is CCCc1ccc(NC(=O)c2ccc(-c3cc(F)ccc3OC)nc2)cc1. The Balaban J connectivity index is 1.75. The Morgan fingerprint density at radius 3 is 2.52 bits per heavy atom. The van der Waals surface area contributed by atoms with Gasteiger partial charge in [-0.1, -0.05) is 25.5 Å². The van der Waals surface area contributed by atoms with E-state index in [9.17, 15) is 9.18 Å². The molecule has 0 fully saturated rings. The van der Waals surface area contributed by atoms with Crippen molar-refractivity contribution in [1.29, 1.82) is 0 Å². The number of methoxy groups -OCH3 is 1. The fraction of sp³-hybridized carbons (Fsp3) is 0.182. The topological polar surface area (TPSA) is 51.2 Å². The van der Waals surface area contributed by atoms with Gasteiger partial charge in [0.15, 0.2) is 0 Å². The summed E-state index contributed by atoms with van der Waals surface area (Å²) in [6.07, 6.45) is 3.57. The maximum Gasteiger partial charge on any atom is 0.257 e. The molecule has 4 nitrogen and oxygen atoms in total. The Hall–Kier alpha value is -3.21. The lowest BCUT2D eigenvalue weighted by Gasteiger charge is -2.09. The summed E-state index contributed by atoms with van der Waals surface area (Å²) >= 11 is 0. The highest BCUT2D eigenvalue weighted by Crippen LogP contribution is 2.29. The van der Waals surface area contributed by atoms with E-state index in [4.69, 9.17) is 4.74 Å². The number of nitrogens with one attached hydrogen (secondary N) is 1. The quantitative estimate of drug-likeness (QED) is 0.662. The predicted molar refractivity (Wildman–Crippen MR) is 105 cm³/mol. The fourth-order valence-electron chi connectivity index (χ4n) is 2.81. The van der Waals surface area contributed by atoms with Crippen LogP contribution in [-0.2, 0) is 6.42 Å². The zero-order valence-electron chi connectivity index (χ0n) is 15.3. The van der Waals surface area contributed by atoms with Crippen LogP contribution in [0.5, 0.6) is 5.75 Å². The number of anilines is 1. The minimum atomic E-state index is -0.374. The second-order valence-electron chi connectivity index (χ2n) is 6.18. The van der Waals surface area contributed by atoms with E-state index in [0.29, 0.717) is 22.6 Å². The summed E-state index contributed by atoms with van der Waals surface area (Å²) in [4.78, 5) is 16.7. The van der Waals surface area contributed by atoms with Crippen LogP contribution in [-0.4, -0.2) is 18.0 Å². The second-order valence-corrected chi connectivity index (χ2v) is 6.18. The summed E-state index contributed by atoms with van der Waals surface area (Å²) in [6, 6.07) is 15.4. The zero-order chi connectivity index (χ0) is 19.2. The molecule has 1 amide bonds. The molecule has 2 aromatic carbocycles. The van der Waals surface area contributed by atoms with Gasteiger partial charge >= 0.3 is 0 Å². The van der Waals surface area contributed by atoms with Gasteiger partial charge in [-0.3, -0.25) is 9.78 Å². The molecule has 0 aliphatic carbocycles. The van der Waals surface area contributed by atoms with Gasteiger partial charge in [-0.2, -0.15) is 0 Å². The van der Waals surface area contributed by atoms with Gasteiger partial charge in [0.25, 0.3) is 5.91 Å². The number of halogens is 1. The standard InChI is InChI=1S/C22H21FN2O2/c1-3-4-15-5-9-18(10-6-15)25-22(26)16-7-11-20(24-14-16)19-13-17(23)8-12-21(19)27-2/h5-14H,3-4H2,1-2H3,(H,25,26). The van der Waals surface area contributed by atoms with E-state index in [0.717, 1.165) is 18.5 Å². The Labute approximate surface area is 158 Å². The van der Waals surface area contributed by atoms with Crippen molar-refractivity contribution in [1.82, 2.24) is 4.98 Å². The van der Waals surface area contributed by atoms with Crippen molar-refractivity contribution in [2.75, 3.05) is 12.4 Å². The molecule has 3 rings (SSSR count). The average Bonchev–Trinajstić information content (AvgIpc) is 2.70. The van der Waals surface area contributed by atoms with Gasteiger partial charge in [0.05, 0.1) is 18.4 Å². The number of hydrogen-bond acceptors (Lipinski definition) is 3. The molecular weight excluding hydrogens is 343 g/mol. The molecule has 0 aliphatic heterocycles. The highest BCUT2D eigenvalue weighted by Gasteiger charge is 2.11. The van der Waals surface area contributed by atoms with Gasteiger partial charge < -0.3 is 10.1 Å². The largest absolute Gasteiger partial charge is 0.496 e. The van der Waals surface area contributed by atoms with Gasteiger partial charge in [-0.15, -0.1) is 0 Å². The number of carbonyl (C=O) groups excluding carboxylic acids is 1. The molecule has 3 aromatic rings. The summed E-state index contributed by atoms with van der Waals surface area (Å²) in [6.45, 7) is 2.13. The molecule has 1 heterocycles. The lowest BCUT2D eigenvalue weighted by molar-refractivity contribution is 0.102. The van der Waals surface area contributed by atoms with Gasteiger partial charge in [0.2, 0.25) is 0 Å². The Bertz CT molecular complexity index is 922. The normalized spacial score (nSPS) is 10.5. The number of aryl methyl sites for hydroxylation is 1. The highest BCUT2D eigenvalue weighted by atomic mass is 19.1. The molecule has 5 heteroatoms. The molecule has 0 saturated carbocycles. The van der Waals surface area contributed by atoms with Crippen molar-refractivity contribution in [3.63, 3.8) is 0 Å². The van der Waals surface area contributed by atoms with E-state index >= 15 is 0 Å². The second kappa shape index (κ2) is 8.45. The zero-order valence-corrected chi connectivity index (χ0v) is 15.3. The molecule has 0 unspecified atom stereocenters. The minimum absolute atomic E-state index is 0.247. The van der Waals surface area contributed by atoms with Crippen LogP contribution < -0.4 is 10.1 Å². The third-order valence-electron chi connectivity index (χ3n) is 4.21. The van der Waals surface area contributed by atoms with Crippen LogP contribution >= 0.6 is 0 Å². The van der Waals surface area contributed by atoms with Gasteiger partial charge in [-0.05, 0) is 54.4 Å². The predicted octanol–water partition coefficient (Wildman–Crippen LogP) is 5.10. The number of carbonyl (C=O) groups is 1. The van der Waals surface area contributed by atoms with Crippen molar-refractivity contribution in [2.45, 2.75) is 19.8 Å². The number of ether oxygens (including phenoxy) is 1. The van der Waals surface area contributed by atoms with E-state index in [1.54, 1.807) is 18.2 Å². The van der Waals surface area contributed by atoms with Gasteiger partial charge in [0, 0.05) is 17.4 Å². The van der Waals surface area contributed by atoms with Crippen molar-refractivity contribution in [2.24, 2.45) is 0 Å². The lowest BCUT2D eigenvalue weighted by Crippen LogP contribution is -2.12. The molecule has 138 valence electrons. The third-order valence-corrected chi connectivity index (χ3v) is 4.21. The first-order valence-electron chi connectivity index (χ1n) is 8.81. The van der Waals surface area contributed by atoms with Crippen molar-refractivity contribution >= 4 is 11.6 Å². The summed E-state index contributed by atoms with van der Waals surface area (Å²) < 4.78 is 18.8. The molecule has 1 N–H and O–H groups in total. The first-order valence-corrected chi connectivity index (χ1v) is 8.81. The van der Waals surface area contributed by atoms with Gasteiger partial charge in [-0.25, -0.2) is 4.39 Å². The number of aromatic nitrogens is 1. The fourth-order valence-corrected chi connectivity index (χ4v) is 2.81. The molecule has 0 saturated heterocycles. The number of nitrogens with zero attached hydrogens (tertiary/aromatic N) is 1. The number of benzene rings is 2. The van der Waals surface area contributed by atoms with Gasteiger partial charge in [0.1, 0.15) is 11.6 Å².